The Kier molecular flexibility index (Phi) is 12.8. The third-order valence-corrected chi connectivity index (χ3v) is 12.7. The summed E-state index contributed by atoms with van der Waals surface area (Å²) in [7, 11) is -3.80. The van der Waals surface area contributed by atoms with Gasteiger partial charge in [-0.2, -0.15) is 0 Å². The molecule has 1 aromatic carbocycles. The summed E-state index contributed by atoms with van der Waals surface area (Å²) in [5.74, 6) is -0.244. The van der Waals surface area contributed by atoms with Crippen LogP contribution >= 0.6 is 0 Å². The number of β-amino-alcohol motifs (C(OH)–C–C–N with tert-alkyl or cyclic N) is 1. The van der Waals surface area contributed by atoms with Crippen LogP contribution in [0.3, 0.4) is 0 Å². The van der Waals surface area contributed by atoms with Crippen LogP contribution in [0.25, 0.3) is 0 Å². The molecule has 2 saturated heterocycles. The number of carbonyl (C=O) groups excluding carboxylic acids is 3. The topological polar surface area (TPSA) is 148 Å². The lowest BCUT2D eigenvalue weighted by Crippen LogP contribution is -2.64. The molecule has 3 amide bonds. The second kappa shape index (κ2) is 16.0. The summed E-state index contributed by atoms with van der Waals surface area (Å²) in [5, 5.41) is 20.8. The molecule has 3 fully saturated rings. The fourth-order valence-electron chi connectivity index (χ4n) is 7.53. The number of rotatable bonds is 13. The maximum Gasteiger partial charge on any atom is 0.244 e. The molecule has 11 nitrogen and oxygen atoms in total. The molecule has 3 aliphatic rings. The van der Waals surface area contributed by atoms with E-state index in [-0.39, 0.29) is 25.4 Å². The quantitative estimate of drug-likeness (QED) is 0.247. The van der Waals surface area contributed by atoms with Crippen molar-refractivity contribution >= 4 is 27.6 Å². The molecule has 2 aliphatic heterocycles. The molecule has 12 heteroatoms. The van der Waals surface area contributed by atoms with E-state index in [0.29, 0.717) is 18.4 Å². The van der Waals surface area contributed by atoms with E-state index in [4.69, 9.17) is 0 Å². The highest BCUT2D eigenvalue weighted by Gasteiger charge is 2.46. The van der Waals surface area contributed by atoms with Crippen molar-refractivity contribution in [2.24, 2.45) is 11.8 Å². The van der Waals surface area contributed by atoms with Crippen LogP contribution in [0.15, 0.2) is 30.3 Å². The van der Waals surface area contributed by atoms with Crippen molar-refractivity contribution in [1.29, 1.82) is 0 Å². The van der Waals surface area contributed by atoms with Gasteiger partial charge in [0.05, 0.1) is 29.5 Å². The maximum atomic E-state index is 14.1. The van der Waals surface area contributed by atoms with Gasteiger partial charge in [0.25, 0.3) is 0 Å². The van der Waals surface area contributed by atoms with Crippen LogP contribution in [0.4, 0.5) is 0 Å². The van der Waals surface area contributed by atoms with E-state index in [0.717, 1.165) is 63.4 Å². The van der Waals surface area contributed by atoms with Crippen LogP contribution in [0.1, 0.15) is 85.1 Å². The summed E-state index contributed by atoms with van der Waals surface area (Å²) in [6, 6.07) is 6.86. The summed E-state index contributed by atoms with van der Waals surface area (Å²) in [6.07, 6.45) is 7.48. The summed E-state index contributed by atoms with van der Waals surface area (Å²) < 4.78 is 24.3. The number of hydrogen-bond donors (Lipinski definition) is 4. The van der Waals surface area contributed by atoms with E-state index >= 15 is 0 Å². The van der Waals surface area contributed by atoms with E-state index < -0.39 is 56.2 Å². The van der Waals surface area contributed by atoms with Gasteiger partial charge in [0.1, 0.15) is 6.04 Å². The standard InChI is InChI=1S/C36H59N5O6S/c1-35(2,3)39-33(44)29-21-26-16-10-11-17-27(26)22-41(29)23-30(42)28(20-25-14-8-7-9-15-25)37-34(45)32(36(4,5)48(6,46)47)38-31(43)24-40-18-12-13-19-40/h7-9,14-15,26-30,32,42H,10-13,16-24H2,1-6H3,(H,37,45)(H,38,43)(H,39,44)/t26?,27?,28-,29-,30+,32+/m0/s1. The lowest BCUT2D eigenvalue weighted by Gasteiger charge is -2.47. The van der Waals surface area contributed by atoms with E-state index in [2.05, 4.69) is 20.9 Å². The minimum Gasteiger partial charge on any atom is -0.390 e. The monoisotopic (exact) mass is 689 g/mol. The first-order valence-corrected chi connectivity index (χ1v) is 19.6. The van der Waals surface area contributed by atoms with Gasteiger partial charge in [-0.15, -0.1) is 0 Å². The SMILES string of the molecule is CC(C)(C)NC(=O)[C@@H]1CC2CCCCC2CN1C[C@@H](O)[C@H](Cc1ccccc1)NC(=O)[C@@H](NC(=O)CN1CCCC1)C(C)(C)S(C)(=O)=O. The highest BCUT2D eigenvalue weighted by Crippen LogP contribution is 2.39. The van der Waals surface area contributed by atoms with Crippen LogP contribution in [-0.2, 0) is 30.6 Å². The van der Waals surface area contributed by atoms with Crippen molar-refractivity contribution in [1.82, 2.24) is 25.8 Å². The van der Waals surface area contributed by atoms with Crippen molar-refractivity contribution < 1.29 is 27.9 Å². The zero-order chi connectivity index (χ0) is 35.3. The average Bonchev–Trinajstić information content (AvgIpc) is 3.51. The molecule has 48 heavy (non-hydrogen) atoms. The fraction of sp³-hybridized carbons (Fsp3) is 0.750. The first-order valence-electron chi connectivity index (χ1n) is 17.7. The Morgan fingerprint density at radius 3 is 2.17 bits per heavy atom. The molecule has 2 heterocycles. The number of nitrogens with zero attached hydrogens (tertiary/aromatic N) is 2. The number of amides is 3. The predicted octanol–water partition coefficient (Wildman–Crippen LogP) is 2.27. The third kappa shape index (κ3) is 10.2. The molecule has 4 rings (SSSR count). The Morgan fingerprint density at radius 2 is 1.56 bits per heavy atom. The number of carbonyl (C=O) groups is 3. The Morgan fingerprint density at radius 1 is 0.938 bits per heavy atom. The molecule has 1 aromatic rings. The fourth-order valence-corrected chi connectivity index (χ4v) is 8.13. The molecule has 0 spiro atoms. The molecule has 270 valence electrons. The van der Waals surface area contributed by atoms with Crippen molar-refractivity contribution in [3.8, 4) is 0 Å². The van der Waals surface area contributed by atoms with Crippen LogP contribution < -0.4 is 16.0 Å². The van der Waals surface area contributed by atoms with Crippen LogP contribution in [0.2, 0.25) is 0 Å². The van der Waals surface area contributed by atoms with Crippen LogP contribution in [0.5, 0.6) is 0 Å². The zero-order valence-electron chi connectivity index (χ0n) is 29.8. The zero-order valence-corrected chi connectivity index (χ0v) is 30.7. The summed E-state index contributed by atoms with van der Waals surface area (Å²) in [4.78, 5) is 45.0. The minimum absolute atomic E-state index is 0.0574. The van der Waals surface area contributed by atoms with Gasteiger partial charge >= 0.3 is 0 Å². The Balaban J connectivity index is 1.59. The number of sulfone groups is 1. The molecule has 0 aromatic heterocycles. The molecule has 6 atom stereocenters. The molecule has 0 bridgehead atoms. The van der Waals surface area contributed by atoms with Crippen molar-refractivity contribution in [3.05, 3.63) is 35.9 Å². The Labute approximate surface area is 287 Å². The molecule has 1 saturated carbocycles. The lowest BCUT2D eigenvalue weighted by molar-refractivity contribution is -0.133. The molecule has 2 unspecified atom stereocenters. The average molecular weight is 690 g/mol. The minimum atomic E-state index is -3.80. The number of hydrogen-bond acceptors (Lipinski definition) is 8. The first-order chi connectivity index (χ1) is 22.4. The summed E-state index contributed by atoms with van der Waals surface area (Å²) in [6.45, 7) is 11.2. The van der Waals surface area contributed by atoms with Gasteiger partial charge in [-0.25, -0.2) is 8.42 Å². The second-order valence-electron chi connectivity index (χ2n) is 16.0. The predicted molar refractivity (Wildman–Crippen MR) is 188 cm³/mol. The van der Waals surface area contributed by atoms with Gasteiger partial charge in [-0.3, -0.25) is 24.2 Å². The highest BCUT2D eigenvalue weighted by molar-refractivity contribution is 7.92. The molecule has 0 radical (unpaired) electrons. The number of aliphatic hydroxyl groups excluding tert-OH is 1. The molecular formula is C36H59N5O6S. The number of piperidine rings is 1. The van der Waals surface area contributed by atoms with Crippen LogP contribution in [-0.4, -0.2) is 115 Å². The molecular weight excluding hydrogens is 630 g/mol. The number of fused-ring (bicyclic) bond motifs is 1. The van der Waals surface area contributed by atoms with E-state index in [1.54, 1.807) is 0 Å². The number of benzene rings is 1. The van der Waals surface area contributed by atoms with Crippen molar-refractivity contribution in [2.45, 2.75) is 121 Å². The van der Waals surface area contributed by atoms with E-state index in [1.165, 1.54) is 20.3 Å². The largest absolute Gasteiger partial charge is 0.390 e. The second-order valence-corrected chi connectivity index (χ2v) is 18.6. The van der Waals surface area contributed by atoms with Crippen molar-refractivity contribution in [3.63, 3.8) is 0 Å². The van der Waals surface area contributed by atoms with Gasteiger partial charge in [-0.05, 0) is 97.2 Å². The Bertz CT molecular complexity index is 1360. The summed E-state index contributed by atoms with van der Waals surface area (Å²) in [5.41, 5.74) is 0.474. The van der Waals surface area contributed by atoms with Gasteiger partial charge in [0, 0.05) is 24.9 Å². The van der Waals surface area contributed by atoms with Gasteiger partial charge in [-0.1, -0.05) is 49.6 Å². The third-order valence-electron chi connectivity index (χ3n) is 10.6. The highest BCUT2D eigenvalue weighted by atomic mass is 32.2. The van der Waals surface area contributed by atoms with Crippen LogP contribution in [0, 0.1) is 11.8 Å². The smallest absolute Gasteiger partial charge is 0.244 e. The summed E-state index contributed by atoms with van der Waals surface area (Å²) >= 11 is 0. The van der Waals surface area contributed by atoms with E-state index in [1.807, 2.05) is 56.0 Å². The van der Waals surface area contributed by atoms with E-state index in [9.17, 15) is 27.9 Å². The van der Waals surface area contributed by atoms with Gasteiger partial charge < -0.3 is 21.1 Å². The normalized spacial score (nSPS) is 24.6. The first kappa shape index (κ1) is 38.3. The molecule has 1 aliphatic carbocycles. The maximum absolute atomic E-state index is 14.1. The number of likely N-dealkylation sites (tertiary alicyclic amines) is 2. The number of nitrogens with one attached hydrogen (secondary N) is 3. The van der Waals surface area contributed by atoms with Crippen molar-refractivity contribution in [2.75, 3.05) is 39.0 Å². The van der Waals surface area contributed by atoms with Gasteiger partial charge in [0.15, 0.2) is 9.84 Å². The number of aliphatic hydroxyl groups is 1. The Hall–Kier alpha value is -2.54. The van der Waals surface area contributed by atoms with Gasteiger partial charge in [0.2, 0.25) is 17.7 Å². The molecule has 4 N–H and O–H groups in total. The lowest BCUT2D eigenvalue weighted by atomic mass is 9.72.